The van der Waals surface area contributed by atoms with E-state index in [1.807, 2.05) is 50.2 Å². The number of benzene rings is 1. The lowest BCUT2D eigenvalue weighted by Crippen LogP contribution is -2.29. The van der Waals surface area contributed by atoms with E-state index in [1.54, 1.807) is 4.68 Å². The van der Waals surface area contributed by atoms with Crippen LogP contribution in [0.15, 0.2) is 48.2 Å². The molecule has 1 aromatic heterocycles. The molecular weight excluding hydrogens is 320 g/mol. The number of ether oxygens (including phenoxy) is 1. The zero-order valence-electron chi connectivity index (χ0n) is 14.4. The van der Waals surface area contributed by atoms with E-state index < -0.39 is 12.0 Å². The number of hydrogen-bond donors (Lipinski definition) is 1. The molecular formula is C17H20N6O2. The SMILES string of the molecule is C=CCOC(=O)C1=C(C)Nc2nnnn2C1c1ccc(N(C)C)cc1. The third-order valence-electron chi connectivity index (χ3n) is 3.99. The van der Waals surface area contributed by atoms with Gasteiger partial charge in [0.2, 0.25) is 5.95 Å². The van der Waals surface area contributed by atoms with E-state index in [0.717, 1.165) is 11.3 Å². The second-order valence-electron chi connectivity index (χ2n) is 5.89. The van der Waals surface area contributed by atoms with E-state index in [0.29, 0.717) is 17.2 Å². The summed E-state index contributed by atoms with van der Waals surface area (Å²) in [4.78, 5) is 14.6. The van der Waals surface area contributed by atoms with Crippen LogP contribution >= 0.6 is 0 Å². The molecule has 0 radical (unpaired) electrons. The number of carbonyl (C=O) groups is 1. The second-order valence-corrected chi connectivity index (χ2v) is 5.89. The van der Waals surface area contributed by atoms with E-state index in [2.05, 4.69) is 27.4 Å². The molecule has 1 aliphatic rings. The van der Waals surface area contributed by atoms with Crippen LogP contribution in [0.4, 0.5) is 11.6 Å². The Morgan fingerprint density at radius 1 is 1.40 bits per heavy atom. The van der Waals surface area contributed by atoms with Gasteiger partial charge in [-0.3, -0.25) is 0 Å². The number of allylic oxidation sites excluding steroid dienone is 1. The Balaban J connectivity index is 2.05. The summed E-state index contributed by atoms with van der Waals surface area (Å²) in [5.74, 6) is 0.0622. The van der Waals surface area contributed by atoms with Crippen molar-refractivity contribution in [2.24, 2.45) is 0 Å². The summed E-state index contributed by atoms with van der Waals surface area (Å²) >= 11 is 0. The first-order valence-corrected chi connectivity index (χ1v) is 7.84. The monoisotopic (exact) mass is 340 g/mol. The molecule has 3 rings (SSSR count). The Kier molecular flexibility index (Phi) is 4.51. The molecule has 0 aliphatic carbocycles. The highest BCUT2D eigenvalue weighted by Gasteiger charge is 2.34. The Labute approximate surface area is 145 Å². The van der Waals surface area contributed by atoms with E-state index in [1.165, 1.54) is 6.08 Å². The molecule has 0 amide bonds. The van der Waals surface area contributed by atoms with Crippen LogP contribution in [0.1, 0.15) is 18.5 Å². The van der Waals surface area contributed by atoms with Crippen molar-refractivity contribution >= 4 is 17.6 Å². The van der Waals surface area contributed by atoms with Gasteiger partial charge >= 0.3 is 5.97 Å². The van der Waals surface area contributed by atoms with Crippen LogP contribution in [0, 0.1) is 0 Å². The summed E-state index contributed by atoms with van der Waals surface area (Å²) in [7, 11) is 3.95. The normalized spacial score (nSPS) is 16.0. The van der Waals surface area contributed by atoms with Gasteiger partial charge in [-0.05, 0) is 35.0 Å². The summed E-state index contributed by atoms with van der Waals surface area (Å²) in [5.41, 5.74) is 3.09. The standard InChI is InChI=1S/C17H20N6O2/c1-5-10-25-16(24)14-11(2)18-17-19-20-21-23(17)15(14)12-6-8-13(9-7-12)22(3)4/h5-9,15H,1,10H2,2-4H3,(H,18,19,21). The Hall–Kier alpha value is -3.16. The van der Waals surface area contributed by atoms with Gasteiger partial charge in [0.1, 0.15) is 12.6 Å². The number of fused-ring (bicyclic) bond motifs is 1. The summed E-state index contributed by atoms with van der Waals surface area (Å²) in [6.45, 7) is 5.53. The fraction of sp³-hybridized carbons (Fsp3) is 0.294. The fourth-order valence-electron chi connectivity index (χ4n) is 2.75. The van der Waals surface area contributed by atoms with Crippen molar-refractivity contribution < 1.29 is 9.53 Å². The van der Waals surface area contributed by atoms with Gasteiger partial charge in [0.05, 0.1) is 5.57 Å². The van der Waals surface area contributed by atoms with Gasteiger partial charge in [0.25, 0.3) is 0 Å². The van der Waals surface area contributed by atoms with Crippen molar-refractivity contribution in [3.8, 4) is 0 Å². The Morgan fingerprint density at radius 3 is 2.76 bits per heavy atom. The van der Waals surface area contributed by atoms with Crippen molar-refractivity contribution in [1.29, 1.82) is 0 Å². The third kappa shape index (κ3) is 3.10. The maximum absolute atomic E-state index is 12.6. The highest BCUT2D eigenvalue weighted by Crippen LogP contribution is 2.35. The van der Waals surface area contributed by atoms with E-state index in [9.17, 15) is 4.79 Å². The van der Waals surface area contributed by atoms with Gasteiger partial charge in [0, 0.05) is 25.5 Å². The van der Waals surface area contributed by atoms with Gasteiger partial charge < -0.3 is 15.0 Å². The van der Waals surface area contributed by atoms with Gasteiger partial charge in [-0.25, -0.2) is 4.79 Å². The molecule has 1 N–H and O–H groups in total. The number of nitrogens with one attached hydrogen (secondary N) is 1. The lowest BCUT2D eigenvalue weighted by Gasteiger charge is -2.27. The maximum atomic E-state index is 12.6. The van der Waals surface area contributed by atoms with Crippen LogP contribution in [-0.4, -0.2) is 46.9 Å². The van der Waals surface area contributed by atoms with E-state index in [4.69, 9.17) is 4.74 Å². The summed E-state index contributed by atoms with van der Waals surface area (Å²) in [6, 6.07) is 7.45. The predicted octanol–water partition coefficient (Wildman–Crippen LogP) is 1.76. The van der Waals surface area contributed by atoms with Crippen LogP contribution in [0.5, 0.6) is 0 Å². The molecule has 1 atom stereocenters. The number of carbonyl (C=O) groups excluding carboxylic acids is 1. The summed E-state index contributed by atoms with van der Waals surface area (Å²) in [6.07, 6.45) is 1.54. The van der Waals surface area contributed by atoms with Gasteiger partial charge in [-0.2, -0.15) is 4.68 Å². The molecule has 8 heteroatoms. The zero-order valence-corrected chi connectivity index (χ0v) is 14.4. The minimum Gasteiger partial charge on any atom is -0.458 e. The van der Waals surface area contributed by atoms with Crippen LogP contribution < -0.4 is 10.2 Å². The second kappa shape index (κ2) is 6.76. The summed E-state index contributed by atoms with van der Waals surface area (Å²) in [5, 5.41) is 14.8. The fourth-order valence-corrected chi connectivity index (χ4v) is 2.75. The van der Waals surface area contributed by atoms with Crippen LogP contribution in [0.2, 0.25) is 0 Å². The zero-order chi connectivity index (χ0) is 18.0. The molecule has 2 aromatic rings. The third-order valence-corrected chi connectivity index (χ3v) is 3.99. The number of esters is 1. The first-order chi connectivity index (χ1) is 12.0. The quantitative estimate of drug-likeness (QED) is 0.655. The molecule has 0 spiro atoms. The van der Waals surface area contributed by atoms with Crippen LogP contribution in [0.3, 0.4) is 0 Å². The highest BCUT2D eigenvalue weighted by atomic mass is 16.5. The van der Waals surface area contributed by atoms with Crippen molar-refractivity contribution in [1.82, 2.24) is 20.2 Å². The van der Waals surface area contributed by atoms with Crippen molar-refractivity contribution in [3.63, 3.8) is 0 Å². The number of aromatic nitrogens is 4. The summed E-state index contributed by atoms with van der Waals surface area (Å²) < 4.78 is 6.85. The smallest absolute Gasteiger partial charge is 0.338 e. The van der Waals surface area contributed by atoms with Crippen LogP contribution in [0.25, 0.3) is 0 Å². The molecule has 130 valence electrons. The first-order valence-electron chi connectivity index (χ1n) is 7.84. The molecule has 0 saturated carbocycles. The number of tetrazole rings is 1. The molecule has 0 saturated heterocycles. The molecule has 25 heavy (non-hydrogen) atoms. The lowest BCUT2D eigenvalue weighted by atomic mass is 9.95. The van der Waals surface area contributed by atoms with Crippen molar-refractivity contribution in [2.45, 2.75) is 13.0 Å². The number of anilines is 2. The lowest BCUT2D eigenvalue weighted by molar-refractivity contribution is -0.138. The molecule has 1 aromatic carbocycles. The maximum Gasteiger partial charge on any atom is 0.338 e. The Bertz CT molecular complexity index is 822. The molecule has 0 fully saturated rings. The minimum absolute atomic E-state index is 0.143. The van der Waals surface area contributed by atoms with Crippen LogP contribution in [-0.2, 0) is 9.53 Å². The van der Waals surface area contributed by atoms with Gasteiger partial charge in [-0.15, -0.1) is 0 Å². The van der Waals surface area contributed by atoms with Gasteiger partial charge in [-0.1, -0.05) is 29.9 Å². The van der Waals surface area contributed by atoms with E-state index in [-0.39, 0.29) is 6.61 Å². The van der Waals surface area contributed by atoms with E-state index >= 15 is 0 Å². The molecule has 2 heterocycles. The largest absolute Gasteiger partial charge is 0.458 e. The number of rotatable bonds is 5. The highest BCUT2D eigenvalue weighted by molar-refractivity contribution is 5.92. The topological polar surface area (TPSA) is 85.2 Å². The first kappa shape index (κ1) is 16.7. The minimum atomic E-state index is -0.459. The molecule has 1 aliphatic heterocycles. The van der Waals surface area contributed by atoms with Crippen molar-refractivity contribution in [3.05, 3.63) is 53.8 Å². The average Bonchev–Trinajstić information content (AvgIpc) is 3.06. The molecule has 1 unspecified atom stereocenters. The Morgan fingerprint density at radius 2 is 2.12 bits per heavy atom. The number of hydrogen-bond acceptors (Lipinski definition) is 7. The molecule has 0 bridgehead atoms. The van der Waals surface area contributed by atoms with Gasteiger partial charge in [0.15, 0.2) is 0 Å². The van der Waals surface area contributed by atoms with Crippen molar-refractivity contribution in [2.75, 3.05) is 30.9 Å². The number of nitrogens with zero attached hydrogens (tertiary/aromatic N) is 5. The predicted molar refractivity (Wildman–Crippen MR) is 94.2 cm³/mol. The molecule has 8 nitrogen and oxygen atoms in total. The average molecular weight is 340 g/mol.